The van der Waals surface area contributed by atoms with Crippen molar-refractivity contribution in [2.45, 2.75) is 26.4 Å². The van der Waals surface area contributed by atoms with Crippen LogP contribution in [0, 0.1) is 0 Å². The summed E-state index contributed by atoms with van der Waals surface area (Å²) in [6.45, 7) is 5.70. The van der Waals surface area contributed by atoms with E-state index in [2.05, 4.69) is 33.3 Å². The lowest BCUT2D eigenvalue weighted by atomic mass is 10.0. The lowest BCUT2D eigenvalue weighted by Gasteiger charge is -2.20. The zero-order chi connectivity index (χ0) is 14.7. The zero-order valence-corrected chi connectivity index (χ0v) is 14.4. The molecule has 108 valence electrons. The summed E-state index contributed by atoms with van der Waals surface area (Å²) in [5.41, 5.74) is 2.03. The first-order chi connectivity index (χ1) is 9.58. The van der Waals surface area contributed by atoms with Gasteiger partial charge in [-0.05, 0) is 47.1 Å². The van der Waals surface area contributed by atoms with Gasteiger partial charge in [0.05, 0.1) is 28.0 Å². The number of nitrogens with one attached hydrogen (secondary N) is 1. The van der Waals surface area contributed by atoms with Crippen LogP contribution in [0.15, 0.2) is 28.9 Å². The summed E-state index contributed by atoms with van der Waals surface area (Å²) in [7, 11) is 0. The maximum Gasteiger partial charge on any atom is 0.0837 e. The Labute approximate surface area is 137 Å². The average Bonchev–Trinajstić information content (AvgIpc) is 2.80. The van der Waals surface area contributed by atoms with E-state index in [-0.39, 0.29) is 6.04 Å². The lowest BCUT2D eigenvalue weighted by molar-refractivity contribution is 0.542. The highest BCUT2D eigenvalue weighted by Gasteiger charge is 2.21. The number of benzene rings is 1. The second kappa shape index (κ2) is 6.94. The summed E-state index contributed by atoms with van der Waals surface area (Å²) >= 11 is 15.9. The molecular weight excluding hydrogens is 361 g/mol. The Kier molecular flexibility index (Phi) is 5.49. The van der Waals surface area contributed by atoms with Crippen molar-refractivity contribution in [3.8, 4) is 0 Å². The van der Waals surface area contributed by atoms with E-state index in [1.165, 1.54) is 0 Å². The van der Waals surface area contributed by atoms with Gasteiger partial charge in [-0.2, -0.15) is 5.10 Å². The van der Waals surface area contributed by atoms with E-state index >= 15 is 0 Å². The van der Waals surface area contributed by atoms with Crippen molar-refractivity contribution < 1.29 is 0 Å². The van der Waals surface area contributed by atoms with Gasteiger partial charge in [0, 0.05) is 11.0 Å². The van der Waals surface area contributed by atoms with Gasteiger partial charge in [-0.3, -0.25) is 4.68 Å². The minimum atomic E-state index is -0.0273. The van der Waals surface area contributed by atoms with Crippen molar-refractivity contribution in [3.63, 3.8) is 0 Å². The molecule has 20 heavy (non-hydrogen) atoms. The average molecular weight is 377 g/mol. The van der Waals surface area contributed by atoms with Gasteiger partial charge in [0.1, 0.15) is 0 Å². The highest BCUT2D eigenvalue weighted by atomic mass is 79.9. The van der Waals surface area contributed by atoms with Gasteiger partial charge in [0.15, 0.2) is 0 Å². The van der Waals surface area contributed by atoms with Crippen LogP contribution >= 0.6 is 39.1 Å². The molecule has 0 saturated carbocycles. The molecule has 0 aliphatic carbocycles. The number of nitrogens with zero attached hydrogens (tertiary/aromatic N) is 2. The Morgan fingerprint density at radius 2 is 2.05 bits per heavy atom. The molecular formula is C14H16BrCl2N3. The third kappa shape index (κ3) is 3.19. The largest absolute Gasteiger partial charge is 0.305 e. The van der Waals surface area contributed by atoms with Crippen molar-refractivity contribution in [1.82, 2.24) is 15.1 Å². The Balaban J connectivity index is 2.49. The molecule has 0 bridgehead atoms. The molecule has 2 aromatic rings. The maximum atomic E-state index is 6.31. The van der Waals surface area contributed by atoms with Crippen molar-refractivity contribution in [2.75, 3.05) is 6.54 Å². The molecule has 0 aliphatic rings. The molecule has 1 N–H and O–H groups in total. The molecule has 1 aromatic carbocycles. The van der Waals surface area contributed by atoms with E-state index < -0.39 is 0 Å². The Morgan fingerprint density at radius 1 is 1.30 bits per heavy atom. The standard InChI is InChI=1S/C14H16BrCl2N3/c1-3-18-13(9-5-6-10(15)11(16)7-9)14-12(17)8-19-20(14)4-2/h5-8,13,18H,3-4H2,1-2H3. The summed E-state index contributed by atoms with van der Waals surface area (Å²) in [5, 5.41) is 9.10. The van der Waals surface area contributed by atoms with Crippen LogP contribution in [0.1, 0.15) is 31.1 Å². The van der Waals surface area contributed by atoms with Crippen LogP contribution in [0.5, 0.6) is 0 Å². The van der Waals surface area contributed by atoms with Gasteiger partial charge in [-0.25, -0.2) is 0 Å². The molecule has 1 atom stereocenters. The SMILES string of the molecule is CCNC(c1ccc(Br)c(Cl)c1)c1c(Cl)cnn1CC. The fraction of sp³-hybridized carbons (Fsp3) is 0.357. The van der Waals surface area contributed by atoms with Gasteiger partial charge in [-0.1, -0.05) is 36.2 Å². The Bertz CT molecular complexity index is 598. The third-order valence-corrected chi connectivity index (χ3v) is 4.62. The van der Waals surface area contributed by atoms with Crippen molar-refractivity contribution in [1.29, 1.82) is 0 Å². The predicted octanol–water partition coefficient (Wildman–Crippen LogP) is 4.67. The smallest absolute Gasteiger partial charge is 0.0837 e. The minimum absolute atomic E-state index is 0.0273. The topological polar surface area (TPSA) is 29.9 Å². The molecule has 0 aliphatic heterocycles. The van der Waals surface area contributed by atoms with Crippen molar-refractivity contribution in [3.05, 3.63) is 50.2 Å². The second-order valence-corrected chi connectivity index (χ2v) is 6.03. The van der Waals surface area contributed by atoms with Crippen LogP contribution in [0.4, 0.5) is 0 Å². The quantitative estimate of drug-likeness (QED) is 0.821. The fourth-order valence-electron chi connectivity index (χ4n) is 2.18. The molecule has 0 saturated heterocycles. The van der Waals surface area contributed by atoms with Gasteiger partial charge >= 0.3 is 0 Å². The van der Waals surface area contributed by atoms with Gasteiger partial charge in [-0.15, -0.1) is 0 Å². The summed E-state index contributed by atoms with van der Waals surface area (Å²) in [6, 6.07) is 5.90. The van der Waals surface area contributed by atoms with Crippen molar-refractivity contribution in [2.24, 2.45) is 0 Å². The highest BCUT2D eigenvalue weighted by molar-refractivity contribution is 9.10. The summed E-state index contributed by atoms with van der Waals surface area (Å²) in [5.74, 6) is 0. The van der Waals surface area contributed by atoms with Crippen LogP contribution in [-0.2, 0) is 6.54 Å². The van der Waals surface area contributed by atoms with Crippen LogP contribution < -0.4 is 5.32 Å². The number of hydrogen-bond acceptors (Lipinski definition) is 2. The van der Waals surface area contributed by atoms with E-state index in [9.17, 15) is 0 Å². The molecule has 1 heterocycles. The fourth-order valence-corrected chi connectivity index (χ4v) is 2.87. The van der Waals surface area contributed by atoms with Crippen molar-refractivity contribution >= 4 is 39.1 Å². The number of hydrogen-bond donors (Lipinski definition) is 1. The number of aryl methyl sites for hydroxylation is 1. The van der Waals surface area contributed by atoms with E-state index in [0.29, 0.717) is 10.0 Å². The first-order valence-corrected chi connectivity index (χ1v) is 8.02. The molecule has 2 rings (SSSR count). The first-order valence-electron chi connectivity index (χ1n) is 6.48. The van der Waals surface area contributed by atoms with Gasteiger partial charge in [0.25, 0.3) is 0 Å². The highest BCUT2D eigenvalue weighted by Crippen LogP contribution is 2.32. The molecule has 0 fully saturated rings. The van der Waals surface area contributed by atoms with Crippen LogP contribution in [0.25, 0.3) is 0 Å². The Hall–Kier alpha value is -0.550. The summed E-state index contributed by atoms with van der Waals surface area (Å²) < 4.78 is 2.79. The number of halogens is 3. The predicted molar refractivity (Wildman–Crippen MR) is 87.6 cm³/mol. The number of rotatable bonds is 5. The molecule has 1 unspecified atom stereocenters. The maximum absolute atomic E-state index is 6.31. The molecule has 1 aromatic heterocycles. The normalized spacial score (nSPS) is 12.7. The molecule has 0 spiro atoms. The summed E-state index contributed by atoms with van der Waals surface area (Å²) in [6.07, 6.45) is 1.69. The van der Waals surface area contributed by atoms with Gasteiger partial charge in [0.2, 0.25) is 0 Å². The van der Waals surface area contributed by atoms with Crippen LogP contribution in [0.3, 0.4) is 0 Å². The molecule has 0 amide bonds. The molecule has 3 nitrogen and oxygen atoms in total. The lowest BCUT2D eigenvalue weighted by Crippen LogP contribution is -2.25. The third-order valence-electron chi connectivity index (χ3n) is 3.09. The number of aromatic nitrogens is 2. The monoisotopic (exact) mass is 375 g/mol. The summed E-state index contributed by atoms with van der Waals surface area (Å²) in [4.78, 5) is 0. The van der Waals surface area contributed by atoms with E-state index in [1.807, 2.05) is 29.8 Å². The van der Waals surface area contributed by atoms with Crippen LogP contribution in [-0.4, -0.2) is 16.3 Å². The Morgan fingerprint density at radius 3 is 2.65 bits per heavy atom. The molecule has 0 radical (unpaired) electrons. The minimum Gasteiger partial charge on any atom is -0.305 e. The zero-order valence-electron chi connectivity index (χ0n) is 11.3. The molecule has 6 heteroatoms. The van der Waals surface area contributed by atoms with Gasteiger partial charge < -0.3 is 5.32 Å². The van der Waals surface area contributed by atoms with E-state index in [1.54, 1.807) is 6.20 Å². The van der Waals surface area contributed by atoms with E-state index in [0.717, 1.165) is 28.8 Å². The van der Waals surface area contributed by atoms with E-state index in [4.69, 9.17) is 23.2 Å². The second-order valence-electron chi connectivity index (χ2n) is 4.36. The van der Waals surface area contributed by atoms with Crippen LogP contribution in [0.2, 0.25) is 10.0 Å². The first kappa shape index (κ1) is 15.8.